The highest BCUT2D eigenvalue weighted by molar-refractivity contribution is 5.82. The van der Waals surface area contributed by atoms with Crippen molar-refractivity contribution in [2.45, 2.75) is 77.6 Å². The number of amides is 1. The van der Waals surface area contributed by atoms with Crippen LogP contribution in [0.3, 0.4) is 0 Å². The number of piperidine rings is 1. The Kier molecular flexibility index (Phi) is 8.22. The number of carbonyl (C=O) groups is 1. The number of hydrazine groups is 1. The zero-order valence-electron chi connectivity index (χ0n) is 20.2. The monoisotopic (exact) mass is 442 g/mol. The van der Waals surface area contributed by atoms with Crippen LogP contribution in [-0.2, 0) is 16.1 Å². The first-order valence-corrected chi connectivity index (χ1v) is 12.7. The second kappa shape index (κ2) is 11.1. The van der Waals surface area contributed by atoms with Crippen molar-refractivity contribution < 1.29 is 9.53 Å². The van der Waals surface area contributed by atoms with Crippen LogP contribution in [0.5, 0.6) is 0 Å². The van der Waals surface area contributed by atoms with Crippen molar-refractivity contribution in [2.75, 3.05) is 32.8 Å². The minimum atomic E-state index is -0.137. The summed E-state index contributed by atoms with van der Waals surface area (Å²) >= 11 is 0. The zero-order valence-corrected chi connectivity index (χ0v) is 20.2. The third-order valence-electron chi connectivity index (χ3n) is 7.89. The molecule has 4 atom stereocenters. The first kappa shape index (κ1) is 23.7. The van der Waals surface area contributed by atoms with E-state index >= 15 is 0 Å². The van der Waals surface area contributed by atoms with Crippen LogP contribution in [0.25, 0.3) is 0 Å². The fourth-order valence-electron chi connectivity index (χ4n) is 5.61. The van der Waals surface area contributed by atoms with Crippen molar-refractivity contribution in [3.63, 3.8) is 0 Å². The Labute approximate surface area is 194 Å². The second-order valence-corrected chi connectivity index (χ2v) is 10.2. The molecule has 0 aliphatic carbocycles. The summed E-state index contributed by atoms with van der Waals surface area (Å²) in [5.74, 6) is 1.12. The summed E-state index contributed by atoms with van der Waals surface area (Å²) in [6, 6.07) is 8.92. The molecule has 4 rings (SSSR count). The number of nitrogens with zero attached hydrogens (tertiary/aromatic N) is 2. The Morgan fingerprint density at radius 1 is 1.16 bits per heavy atom. The molecule has 1 amide bonds. The van der Waals surface area contributed by atoms with Crippen molar-refractivity contribution >= 4 is 5.91 Å². The Morgan fingerprint density at radius 2 is 1.94 bits per heavy atom. The highest BCUT2D eigenvalue weighted by Gasteiger charge is 2.39. The number of likely N-dealkylation sites (tertiary alicyclic amines) is 1. The van der Waals surface area contributed by atoms with Gasteiger partial charge in [-0.2, -0.15) is 0 Å². The van der Waals surface area contributed by atoms with Gasteiger partial charge in [0.25, 0.3) is 0 Å². The summed E-state index contributed by atoms with van der Waals surface area (Å²) in [6.07, 6.45) is 5.73. The summed E-state index contributed by atoms with van der Waals surface area (Å²) in [4.78, 5) is 18.3. The lowest BCUT2D eigenvalue weighted by molar-refractivity contribution is -0.136. The van der Waals surface area contributed by atoms with Crippen LogP contribution in [0.4, 0.5) is 0 Å². The molecule has 3 heterocycles. The van der Waals surface area contributed by atoms with Gasteiger partial charge in [0, 0.05) is 32.3 Å². The van der Waals surface area contributed by atoms with Crippen molar-refractivity contribution in [3.8, 4) is 0 Å². The Morgan fingerprint density at radius 3 is 2.59 bits per heavy atom. The van der Waals surface area contributed by atoms with Crippen LogP contribution in [-0.4, -0.2) is 66.7 Å². The highest BCUT2D eigenvalue weighted by atomic mass is 16.5. The molecule has 0 spiro atoms. The maximum atomic E-state index is 13.6. The number of hydrogen-bond donors (Lipinski definition) is 2. The minimum absolute atomic E-state index is 0.137. The van der Waals surface area contributed by atoms with E-state index in [1.807, 2.05) is 0 Å². The topological polar surface area (TPSA) is 56.8 Å². The van der Waals surface area contributed by atoms with Gasteiger partial charge in [-0.1, -0.05) is 38.1 Å². The van der Waals surface area contributed by atoms with Gasteiger partial charge in [-0.15, -0.1) is 0 Å². The normalized spacial score (nSPS) is 29.5. The number of benzene rings is 1. The number of nitrogens with one attached hydrogen (secondary N) is 2. The second-order valence-electron chi connectivity index (χ2n) is 10.2. The predicted molar refractivity (Wildman–Crippen MR) is 128 cm³/mol. The SMILES string of the molecule is CCC1NNC(C(=O)N(CC2CCN(Cc3ccccc3C)CC2)CC2CCCO2)C1C. The van der Waals surface area contributed by atoms with Gasteiger partial charge in [0.2, 0.25) is 5.91 Å². The quantitative estimate of drug-likeness (QED) is 0.648. The lowest BCUT2D eigenvalue weighted by Gasteiger charge is -2.37. The average Bonchev–Trinajstić information content (AvgIpc) is 3.45. The van der Waals surface area contributed by atoms with E-state index in [9.17, 15) is 4.79 Å². The lowest BCUT2D eigenvalue weighted by atomic mass is 9.92. The molecular weight excluding hydrogens is 400 g/mol. The molecule has 6 heteroatoms. The summed E-state index contributed by atoms with van der Waals surface area (Å²) < 4.78 is 5.91. The molecule has 1 aromatic rings. The Balaban J connectivity index is 1.34. The van der Waals surface area contributed by atoms with Crippen LogP contribution >= 0.6 is 0 Å². The minimum Gasteiger partial charge on any atom is -0.376 e. The summed E-state index contributed by atoms with van der Waals surface area (Å²) in [6.45, 7) is 12.3. The number of hydrogen-bond acceptors (Lipinski definition) is 5. The fourth-order valence-corrected chi connectivity index (χ4v) is 5.61. The molecule has 6 nitrogen and oxygen atoms in total. The van der Waals surface area contributed by atoms with E-state index in [1.165, 1.54) is 11.1 Å². The third kappa shape index (κ3) is 5.71. The summed E-state index contributed by atoms with van der Waals surface area (Å²) in [7, 11) is 0. The standard InChI is InChI=1S/C26H42N4O2/c1-4-24-20(3)25(28-27-24)26(31)30(18-23-10-7-15-32-23)16-21-11-13-29(14-12-21)17-22-9-6-5-8-19(22)2/h5-6,8-9,20-21,23-25,27-28H,4,7,10-18H2,1-3H3. The van der Waals surface area contributed by atoms with E-state index < -0.39 is 0 Å². The fraction of sp³-hybridized carbons (Fsp3) is 0.731. The molecule has 0 saturated carbocycles. The molecule has 3 aliphatic heterocycles. The van der Waals surface area contributed by atoms with Gasteiger partial charge in [-0.05, 0) is 75.1 Å². The molecule has 32 heavy (non-hydrogen) atoms. The molecule has 1 aromatic carbocycles. The van der Waals surface area contributed by atoms with Crippen LogP contribution < -0.4 is 10.9 Å². The molecule has 4 unspecified atom stereocenters. The summed E-state index contributed by atoms with van der Waals surface area (Å²) in [5.41, 5.74) is 9.44. The van der Waals surface area contributed by atoms with Crippen molar-refractivity contribution in [1.29, 1.82) is 0 Å². The van der Waals surface area contributed by atoms with E-state index in [-0.39, 0.29) is 18.1 Å². The van der Waals surface area contributed by atoms with Crippen LogP contribution in [0.1, 0.15) is 57.1 Å². The van der Waals surface area contributed by atoms with Crippen LogP contribution in [0.2, 0.25) is 0 Å². The third-order valence-corrected chi connectivity index (χ3v) is 7.89. The molecule has 178 valence electrons. The number of carbonyl (C=O) groups excluding carboxylic acids is 1. The van der Waals surface area contributed by atoms with Gasteiger partial charge >= 0.3 is 0 Å². The molecule has 3 saturated heterocycles. The van der Waals surface area contributed by atoms with Crippen molar-refractivity contribution in [2.24, 2.45) is 11.8 Å². The largest absolute Gasteiger partial charge is 0.376 e. The first-order chi connectivity index (χ1) is 15.5. The predicted octanol–water partition coefficient (Wildman–Crippen LogP) is 3.11. The molecule has 0 aromatic heterocycles. The van der Waals surface area contributed by atoms with Gasteiger partial charge in [-0.3, -0.25) is 15.1 Å². The van der Waals surface area contributed by atoms with Crippen molar-refractivity contribution in [1.82, 2.24) is 20.7 Å². The molecule has 3 fully saturated rings. The number of aryl methyl sites for hydroxylation is 1. The van der Waals surface area contributed by atoms with Crippen LogP contribution in [0.15, 0.2) is 24.3 Å². The highest BCUT2D eigenvalue weighted by Crippen LogP contribution is 2.25. The molecular formula is C26H42N4O2. The lowest BCUT2D eigenvalue weighted by Crippen LogP contribution is -2.51. The first-order valence-electron chi connectivity index (χ1n) is 12.7. The van der Waals surface area contributed by atoms with Crippen LogP contribution in [0, 0.1) is 18.8 Å². The van der Waals surface area contributed by atoms with E-state index in [0.717, 1.165) is 71.4 Å². The van der Waals surface area contributed by atoms with Gasteiger partial charge in [-0.25, -0.2) is 5.43 Å². The van der Waals surface area contributed by atoms with Gasteiger partial charge in [0.05, 0.1) is 6.10 Å². The Hall–Kier alpha value is -1.47. The smallest absolute Gasteiger partial charge is 0.241 e. The summed E-state index contributed by atoms with van der Waals surface area (Å²) in [5, 5.41) is 0. The van der Waals surface area contributed by atoms with Gasteiger partial charge in [0.15, 0.2) is 0 Å². The maximum absolute atomic E-state index is 13.6. The molecule has 0 bridgehead atoms. The number of ether oxygens (including phenoxy) is 1. The van der Waals surface area contributed by atoms with E-state index in [4.69, 9.17) is 4.74 Å². The maximum Gasteiger partial charge on any atom is 0.241 e. The molecule has 3 aliphatic rings. The number of rotatable bonds is 8. The van der Waals surface area contributed by atoms with E-state index in [2.05, 4.69) is 65.7 Å². The molecule has 2 N–H and O–H groups in total. The average molecular weight is 443 g/mol. The van der Waals surface area contributed by atoms with E-state index in [0.29, 0.717) is 17.9 Å². The van der Waals surface area contributed by atoms with E-state index in [1.54, 1.807) is 0 Å². The van der Waals surface area contributed by atoms with Gasteiger partial charge < -0.3 is 9.64 Å². The van der Waals surface area contributed by atoms with Gasteiger partial charge in [0.1, 0.15) is 6.04 Å². The zero-order chi connectivity index (χ0) is 22.5. The Bertz CT molecular complexity index is 743. The molecule has 0 radical (unpaired) electrons. The van der Waals surface area contributed by atoms with Crippen molar-refractivity contribution in [3.05, 3.63) is 35.4 Å².